The summed E-state index contributed by atoms with van der Waals surface area (Å²) >= 11 is 0. The number of rotatable bonds is 26. The van der Waals surface area contributed by atoms with Crippen LogP contribution in [0, 0.1) is 17.2 Å². The maximum Gasteiger partial charge on any atom is 0.333 e. The van der Waals surface area contributed by atoms with E-state index in [1.807, 2.05) is 24.3 Å². The normalized spacial score (nSPS) is 14.5. The van der Waals surface area contributed by atoms with E-state index in [9.17, 15) is 28.8 Å². The molecule has 1 aliphatic carbocycles. The van der Waals surface area contributed by atoms with Gasteiger partial charge in [-0.1, -0.05) is 82.2 Å². The maximum atomic E-state index is 16.0. The van der Waals surface area contributed by atoms with E-state index in [1.54, 1.807) is 57.2 Å². The number of hydrogen-bond donors (Lipinski definition) is 0. The number of unbranched alkanes of at least 4 members (excludes halogenated alkanes) is 2. The Bertz CT molecular complexity index is 2170. The monoisotopic (exact) mass is 928 g/mol. The first-order valence-corrected chi connectivity index (χ1v) is 23.0. The van der Waals surface area contributed by atoms with Crippen molar-refractivity contribution >= 4 is 35.8 Å². The smallest absolute Gasteiger partial charge is 0.333 e. The SMILES string of the molecule is C=C(C)C(=O)OCc1cc(-c2ccc(C3CCC(CCCCC)CC3)cc2F)ccc1-c1ccc(OCC(COC(=O)CC(=O)OCC)(COC(=O)CC(=O)OCC)COC(=O)C(=C)C)cc1. The van der Waals surface area contributed by atoms with Crippen molar-refractivity contribution in [2.24, 2.45) is 11.3 Å². The molecule has 1 saturated carbocycles. The second-order valence-electron chi connectivity index (χ2n) is 17.1. The maximum absolute atomic E-state index is 16.0. The molecule has 3 aromatic carbocycles. The molecule has 4 rings (SSSR count). The number of benzene rings is 3. The molecular formula is C53H65FO13. The summed E-state index contributed by atoms with van der Waals surface area (Å²) in [6.07, 6.45) is 8.05. The van der Waals surface area contributed by atoms with Crippen LogP contribution in [0.25, 0.3) is 22.3 Å². The third-order valence-corrected chi connectivity index (χ3v) is 11.5. The second kappa shape index (κ2) is 26.7. The van der Waals surface area contributed by atoms with Crippen molar-refractivity contribution in [2.75, 3.05) is 39.6 Å². The molecule has 13 nitrogen and oxygen atoms in total. The third-order valence-electron chi connectivity index (χ3n) is 11.5. The number of carbonyl (C=O) groups excluding carboxylic acids is 6. The van der Waals surface area contributed by atoms with Gasteiger partial charge in [0, 0.05) is 16.7 Å². The van der Waals surface area contributed by atoms with Crippen molar-refractivity contribution < 1.29 is 66.3 Å². The van der Waals surface area contributed by atoms with Crippen LogP contribution in [0.2, 0.25) is 0 Å². The molecule has 0 spiro atoms. The van der Waals surface area contributed by atoms with Gasteiger partial charge in [0.05, 0.1) is 13.2 Å². The molecule has 0 aromatic heterocycles. The molecule has 1 fully saturated rings. The van der Waals surface area contributed by atoms with Gasteiger partial charge < -0.3 is 33.2 Å². The van der Waals surface area contributed by atoms with E-state index in [-0.39, 0.29) is 43.4 Å². The molecule has 14 heteroatoms. The number of carbonyl (C=O) groups is 6. The molecule has 1 aliphatic rings. The number of esters is 6. The number of hydrogen-bond acceptors (Lipinski definition) is 13. The predicted octanol–water partition coefficient (Wildman–Crippen LogP) is 10.1. The summed E-state index contributed by atoms with van der Waals surface area (Å²) in [6.45, 7) is 13.6. The quantitative estimate of drug-likeness (QED) is 0.0246. The molecule has 3 aromatic rings. The zero-order valence-electron chi connectivity index (χ0n) is 39.5. The molecular weight excluding hydrogens is 864 g/mol. The molecule has 0 bridgehead atoms. The van der Waals surface area contributed by atoms with Gasteiger partial charge >= 0.3 is 35.8 Å². The number of halogens is 1. The minimum absolute atomic E-state index is 0.0411. The molecule has 67 heavy (non-hydrogen) atoms. The van der Waals surface area contributed by atoms with Crippen LogP contribution in [0.15, 0.2) is 85.0 Å². The summed E-state index contributed by atoms with van der Waals surface area (Å²) < 4.78 is 53.7. The van der Waals surface area contributed by atoms with E-state index in [1.165, 1.54) is 45.4 Å². The molecule has 0 saturated heterocycles. The zero-order chi connectivity index (χ0) is 48.9. The highest BCUT2D eigenvalue weighted by atomic mass is 19.1. The largest absolute Gasteiger partial charge is 0.493 e. The Morgan fingerprint density at radius 1 is 0.612 bits per heavy atom. The Labute approximate surface area is 393 Å². The zero-order valence-corrected chi connectivity index (χ0v) is 39.5. The summed E-state index contributed by atoms with van der Waals surface area (Å²) in [5.41, 5.74) is 2.78. The van der Waals surface area contributed by atoms with Gasteiger partial charge in [-0.15, -0.1) is 0 Å². The lowest BCUT2D eigenvalue weighted by molar-refractivity contribution is -0.166. The standard InChI is InChI=1S/C53H65FO13/c1-8-11-12-13-37-14-16-38(17-15-37)40-20-25-45(46(54)27-40)41-21-24-44(42(26-41)30-63-51(59)35(4)5)39-18-22-43(23-19-39)64-31-53(34-67-52(60)36(6)7,32-65-49(57)28-47(55)61-9-2)33-66-50(58)29-48(56)62-10-3/h18-27,37-38H,4,6,8-17,28-34H2,1-3,5,7H3. The van der Waals surface area contributed by atoms with Gasteiger partial charge in [0.1, 0.15) is 62.9 Å². The minimum Gasteiger partial charge on any atom is -0.493 e. The summed E-state index contributed by atoms with van der Waals surface area (Å²) in [5.74, 6) is -3.88. The van der Waals surface area contributed by atoms with Crippen molar-refractivity contribution in [3.05, 3.63) is 102 Å². The molecule has 0 amide bonds. The van der Waals surface area contributed by atoms with Gasteiger partial charge in [0.2, 0.25) is 0 Å². The Hall–Kier alpha value is -6.31. The molecule has 362 valence electrons. The highest BCUT2D eigenvalue weighted by Gasteiger charge is 2.38. The summed E-state index contributed by atoms with van der Waals surface area (Å²) in [7, 11) is 0. The van der Waals surface area contributed by atoms with Gasteiger partial charge in [0.25, 0.3) is 0 Å². The third kappa shape index (κ3) is 17.1. The van der Waals surface area contributed by atoms with Crippen LogP contribution >= 0.6 is 0 Å². The van der Waals surface area contributed by atoms with E-state index in [4.69, 9.17) is 33.2 Å². The molecule has 0 aliphatic heterocycles. The molecule has 0 heterocycles. The van der Waals surface area contributed by atoms with Crippen LogP contribution in [0.5, 0.6) is 5.75 Å². The van der Waals surface area contributed by atoms with E-state index in [0.29, 0.717) is 39.5 Å². The van der Waals surface area contributed by atoms with Crippen LogP contribution in [-0.2, 0) is 63.8 Å². The lowest BCUT2D eigenvalue weighted by Crippen LogP contribution is -2.44. The van der Waals surface area contributed by atoms with E-state index in [0.717, 1.165) is 24.3 Å². The Kier molecular flexibility index (Phi) is 21.3. The molecule has 0 unspecified atom stereocenters. The average molecular weight is 929 g/mol. The number of ether oxygens (including phenoxy) is 7. The van der Waals surface area contributed by atoms with Gasteiger partial charge in [-0.3, -0.25) is 19.2 Å². The fourth-order valence-electron chi connectivity index (χ4n) is 7.70. The average Bonchev–Trinajstić information content (AvgIpc) is 3.30. The van der Waals surface area contributed by atoms with Crippen molar-refractivity contribution in [1.82, 2.24) is 0 Å². The second-order valence-corrected chi connectivity index (χ2v) is 17.1. The first-order valence-electron chi connectivity index (χ1n) is 23.0. The summed E-state index contributed by atoms with van der Waals surface area (Å²) in [6, 6.07) is 17.8. The predicted molar refractivity (Wildman–Crippen MR) is 249 cm³/mol. The van der Waals surface area contributed by atoms with Crippen molar-refractivity contribution in [2.45, 2.75) is 111 Å². The highest BCUT2D eigenvalue weighted by Crippen LogP contribution is 2.40. The highest BCUT2D eigenvalue weighted by molar-refractivity contribution is 5.92. The van der Waals surface area contributed by atoms with Crippen molar-refractivity contribution in [3.8, 4) is 28.0 Å². The van der Waals surface area contributed by atoms with Crippen LogP contribution in [-0.4, -0.2) is 75.5 Å². The van der Waals surface area contributed by atoms with E-state index in [2.05, 4.69) is 20.1 Å². The first kappa shape index (κ1) is 53.3. The van der Waals surface area contributed by atoms with Crippen LogP contribution in [0.1, 0.15) is 116 Å². The van der Waals surface area contributed by atoms with Gasteiger partial charge in [-0.25, -0.2) is 14.0 Å². The Morgan fingerprint density at radius 2 is 1.15 bits per heavy atom. The summed E-state index contributed by atoms with van der Waals surface area (Å²) in [4.78, 5) is 74.5. The lowest BCUT2D eigenvalue weighted by atomic mass is 9.77. The minimum atomic E-state index is -1.56. The van der Waals surface area contributed by atoms with E-state index < -0.39 is 73.9 Å². The fourth-order valence-corrected chi connectivity index (χ4v) is 7.70. The Morgan fingerprint density at radius 3 is 1.70 bits per heavy atom. The van der Waals surface area contributed by atoms with Crippen molar-refractivity contribution in [1.29, 1.82) is 0 Å². The first-order chi connectivity index (χ1) is 32.1. The van der Waals surface area contributed by atoms with E-state index >= 15 is 4.39 Å². The van der Waals surface area contributed by atoms with Gasteiger partial charge in [-0.2, -0.15) is 0 Å². The fraction of sp³-hybridized carbons (Fsp3) is 0.472. The Balaban J connectivity index is 1.59. The topological polar surface area (TPSA) is 167 Å². The molecule has 0 N–H and O–H groups in total. The lowest BCUT2D eigenvalue weighted by Gasteiger charge is -2.32. The van der Waals surface area contributed by atoms with Crippen molar-refractivity contribution in [3.63, 3.8) is 0 Å². The molecule has 0 radical (unpaired) electrons. The van der Waals surface area contributed by atoms with Gasteiger partial charge in [0.15, 0.2) is 0 Å². The summed E-state index contributed by atoms with van der Waals surface area (Å²) in [5, 5.41) is 0. The van der Waals surface area contributed by atoms with Crippen LogP contribution in [0.4, 0.5) is 4.39 Å². The van der Waals surface area contributed by atoms with Crippen LogP contribution in [0.3, 0.4) is 0 Å². The molecule has 0 atom stereocenters. The van der Waals surface area contributed by atoms with Crippen LogP contribution < -0.4 is 4.74 Å². The van der Waals surface area contributed by atoms with Gasteiger partial charge in [-0.05, 0) is 117 Å².